The maximum Gasteiger partial charge on any atom is 0.224 e. The van der Waals surface area contributed by atoms with E-state index in [1.54, 1.807) is 6.20 Å². The fourth-order valence-corrected chi connectivity index (χ4v) is 2.21. The molecule has 0 aromatic carbocycles. The largest absolute Gasteiger partial charge is 0.350 e. The minimum atomic E-state index is 0.137. The Morgan fingerprint density at radius 3 is 3.18 bits per heavy atom. The number of rotatable bonds is 3. The molecule has 1 unspecified atom stereocenters. The van der Waals surface area contributed by atoms with Gasteiger partial charge in [-0.05, 0) is 38.6 Å². The summed E-state index contributed by atoms with van der Waals surface area (Å²) in [5.41, 5.74) is 0.907. The first-order valence-electron chi connectivity index (χ1n) is 6.12. The summed E-state index contributed by atoms with van der Waals surface area (Å²) >= 11 is 0. The van der Waals surface area contributed by atoms with Crippen LogP contribution in [-0.2, 0) is 11.3 Å². The molecule has 1 aromatic rings. The predicted molar refractivity (Wildman–Crippen MR) is 66.3 cm³/mol. The molecule has 1 aliphatic rings. The molecule has 0 spiro atoms. The number of pyridine rings is 1. The monoisotopic (exact) mass is 233 g/mol. The Morgan fingerprint density at radius 1 is 1.59 bits per heavy atom. The van der Waals surface area contributed by atoms with Crippen LogP contribution < -0.4 is 5.32 Å². The summed E-state index contributed by atoms with van der Waals surface area (Å²) in [4.78, 5) is 18.4. The van der Waals surface area contributed by atoms with Crippen LogP contribution in [0.2, 0.25) is 0 Å². The number of carbonyl (C=O) groups excluding carboxylic acids is 1. The molecular formula is C13H19N3O. The summed E-state index contributed by atoms with van der Waals surface area (Å²) in [5.74, 6) is 0.291. The first-order valence-corrected chi connectivity index (χ1v) is 6.12. The van der Waals surface area contributed by atoms with E-state index in [0.29, 0.717) is 6.54 Å². The highest BCUT2D eigenvalue weighted by Crippen LogP contribution is 2.15. The number of nitrogens with zero attached hydrogens (tertiary/aromatic N) is 2. The van der Waals surface area contributed by atoms with Crippen LogP contribution in [-0.4, -0.2) is 35.9 Å². The minimum absolute atomic E-state index is 0.137. The highest BCUT2D eigenvalue weighted by Gasteiger charge is 2.23. The van der Waals surface area contributed by atoms with E-state index in [4.69, 9.17) is 0 Å². The number of hydrogen-bond donors (Lipinski definition) is 1. The van der Waals surface area contributed by atoms with Gasteiger partial charge < -0.3 is 10.2 Å². The molecule has 4 nitrogen and oxygen atoms in total. The maximum atomic E-state index is 12.0. The molecule has 2 rings (SSSR count). The second-order valence-corrected chi connectivity index (χ2v) is 4.64. The summed E-state index contributed by atoms with van der Waals surface area (Å²) in [6.45, 7) is 2.50. The van der Waals surface area contributed by atoms with Crippen molar-refractivity contribution >= 4 is 5.91 Å². The van der Waals surface area contributed by atoms with Crippen LogP contribution in [0.4, 0.5) is 0 Å². The zero-order valence-electron chi connectivity index (χ0n) is 10.2. The van der Waals surface area contributed by atoms with Crippen LogP contribution in [0.1, 0.15) is 18.5 Å². The van der Waals surface area contributed by atoms with Gasteiger partial charge in [-0.25, -0.2) is 0 Å². The van der Waals surface area contributed by atoms with Crippen molar-refractivity contribution in [2.24, 2.45) is 5.92 Å². The molecule has 0 saturated carbocycles. The number of likely N-dealkylation sites (tertiary alicyclic amines) is 1. The van der Waals surface area contributed by atoms with Crippen molar-refractivity contribution < 1.29 is 4.79 Å². The van der Waals surface area contributed by atoms with Gasteiger partial charge in [0.05, 0.1) is 18.2 Å². The fraction of sp³-hybridized carbons (Fsp3) is 0.538. The van der Waals surface area contributed by atoms with Gasteiger partial charge in [0, 0.05) is 12.7 Å². The van der Waals surface area contributed by atoms with Gasteiger partial charge in [0.15, 0.2) is 0 Å². The third kappa shape index (κ3) is 3.53. The predicted octanol–water partition coefficient (Wildman–Crippen LogP) is 1.04. The molecular weight excluding hydrogens is 214 g/mol. The standard InChI is InChI=1S/C13H19N3O/c1-16-8-4-5-11(10-16)13(17)15-9-12-6-2-3-7-14-12/h2-3,6-7,11H,4-5,8-10H2,1H3,(H,15,17). The van der Waals surface area contributed by atoms with Gasteiger partial charge in [-0.15, -0.1) is 0 Å². The second kappa shape index (κ2) is 5.77. The van der Waals surface area contributed by atoms with Crippen molar-refractivity contribution in [3.8, 4) is 0 Å². The van der Waals surface area contributed by atoms with E-state index in [2.05, 4.69) is 22.2 Å². The topological polar surface area (TPSA) is 45.2 Å². The van der Waals surface area contributed by atoms with Crippen molar-refractivity contribution in [1.29, 1.82) is 0 Å². The molecule has 0 aliphatic carbocycles. The highest BCUT2D eigenvalue weighted by atomic mass is 16.1. The lowest BCUT2D eigenvalue weighted by molar-refractivity contribution is -0.126. The number of hydrogen-bond acceptors (Lipinski definition) is 3. The average Bonchev–Trinajstić information content (AvgIpc) is 2.37. The molecule has 2 heterocycles. The van der Waals surface area contributed by atoms with Gasteiger partial charge in [0.25, 0.3) is 0 Å². The quantitative estimate of drug-likeness (QED) is 0.848. The maximum absolute atomic E-state index is 12.0. The number of aromatic nitrogens is 1. The van der Waals surface area contributed by atoms with E-state index in [9.17, 15) is 4.79 Å². The lowest BCUT2D eigenvalue weighted by atomic mass is 9.97. The van der Waals surface area contributed by atoms with Gasteiger partial charge in [0.2, 0.25) is 5.91 Å². The molecule has 1 N–H and O–H groups in total. The molecule has 1 atom stereocenters. The lowest BCUT2D eigenvalue weighted by Gasteiger charge is -2.28. The van der Waals surface area contributed by atoms with E-state index >= 15 is 0 Å². The zero-order chi connectivity index (χ0) is 12.1. The van der Waals surface area contributed by atoms with Crippen LogP contribution in [0.25, 0.3) is 0 Å². The zero-order valence-corrected chi connectivity index (χ0v) is 10.2. The van der Waals surface area contributed by atoms with Gasteiger partial charge in [-0.2, -0.15) is 0 Å². The van der Waals surface area contributed by atoms with Crippen LogP contribution in [0.15, 0.2) is 24.4 Å². The van der Waals surface area contributed by atoms with Crippen molar-refractivity contribution in [1.82, 2.24) is 15.2 Å². The third-order valence-corrected chi connectivity index (χ3v) is 3.17. The number of carbonyl (C=O) groups is 1. The highest BCUT2D eigenvalue weighted by molar-refractivity contribution is 5.78. The van der Waals surface area contributed by atoms with E-state index in [0.717, 1.165) is 31.6 Å². The second-order valence-electron chi connectivity index (χ2n) is 4.64. The Hall–Kier alpha value is -1.42. The van der Waals surface area contributed by atoms with Crippen LogP contribution in [0.3, 0.4) is 0 Å². The van der Waals surface area contributed by atoms with Crippen molar-refractivity contribution in [3.05, 3.63) is 30.1 Å². The van der Waals surface area contributed by atoms with Crippen molar-refractivity contribution in [2.45, 2.75) is 19.4 Å². The number of amides is 1. The Balaban J connectivity index is 1.81. The Morgan fingerprint density at radius 2 is 2.47 bits per heavy atom. The third-order valence-electron chi connectivity index (χ3n) is 3.17. The molecule has 1 saturated heterocycles. The first kappa shape index (κ1) is 12.0. The van der Waals surface area contributed by atoms with Gasteiger partial charge in [0.1, 0.15) is 0 Å². The SMILES string of the molecule is CN1CCCC(C(=O)NCc2ccccn2)C1. The van der Waals surface area contributed by atoms with Gasteiger partial charge in [-0.3, -0.25) is 9.78 Å². The van der Waals surface area contributed by atoms with E-state index in [1.165, 1.54) is 0 Å². The van der Waals surface area contributed by atoms with Crippen LogP contribution in [0.5, 0.6) is 0 Å². The minimum Gasteiger partial charge on any atom is -0.350 e. The molecule has 0 bridgehead atoms. The molecule has 92 valence electrons. The molecule has 1 aliphatic heterocycles. The van der Waals surface area contributed by atoms with Crippen LogP contribution >= 0.6 is 0 Å². The summed E-state index contributed by atoms with van der Waals surface area (Å²) in [6, 6.07) is 5.73. The van der Waals surface area contributed by atoms with Gasteiger partial charge >= 0.3 is 0 Å². The van der Waals surface area contributed by atoms with Crippen molar-refractivity contribution in [2.75, 3.05) is 20.1 Å². The molecule has 0 radical (unpaired) electrons. The number of nitrogens with one attached hydrogen (secondary N) is 1. The van der Waals surface area contributed by atoms with Crippen molar-refractivity contribution in [3.63, 3.8) is 0 Å². The molecule has 1 aromatic heterocycles. The molecule has 4 heteroatoms. The Kier molecular flexibility index (Phi) is 4.09. The normalized spacial score (nSPS) is 21.1. The van der Waals surface area contributed by atoms with Crippen LogP contribution in [0, 0.1) is 5.92 Å². The van der Waals surface area contributed by atoms with E-state index in [-0.39, 0.29) is 11.8 Å². The average molecular weight is 233 g/mol. The summed E-state index contributed by atoms with van der Waals surface area (Å²) in [6.07, 6.45) is 3.85. The Bertz CT molecular complexity index is 366. The summed E-state index contributed by atoms with van der Waals surface area (Å²) in [5, 5.41) is 2.96. The summed E-state index contributed by atoms with van der Waals surface area (Å²) < 4.78 is 0. The Labute approximate surface area is 102 Å². The lowest BCUT2D eigenvalue weighted by Crippen LogP contribution is -2.41. The molecule has 1 fully saturated rings. The molecule has 1 amide bonds. The molecule has 17 heavy (non-hydrogen) atoms. The van der Waals surface area contributed by atoms with Gasteiger partial charge in [-0.1, -0.05) is 6.07 Å². The van der Waals surface area contributed by atoms with E-state index < -0.39 is 0 Å². The summed E-state index contributed by atoms with van der Waals surface area (Å²) in [7, 11) is 2.07. The number of piperidine rings is 1. The smallest absolute Gasteiger partial charge is 0.224 e. The van der Waals surface area contributed by atoms with E-state index in [1.807, 2.05) is 18.2 Å². The fourth-order valence-electron chi connectivity index (χ4n) is 2.21. The first-order chi connectivity index (χ1) is 8.25.